The highest BCUT2D eigenvalue weighted by atomic mass is 16.5. The van der Waals surface area contributed by atoms with Crippen LogP contribution >= 0.6 is 0 Å². The molecule has 0 aliphatic carbocycles. The maximum absolute atomic E-state index is 10.9. The Morgan fingerprint density at radius 1 is 1.26 bits per heavy atom. The van der Waals surface area contributed by atoms with Gasteiger partial charge in [0.05, 0.1) is 19.0 Å². The van der Waals surface area contributed by atoms with Crippen LogP contribution in [0.15, 0.2) is 36.7 Å². The molecule has 0 fully saturated rings. The number of ether oxygens (including phenoxy) is 1. The summed E-state index contributed by atoms with van der Waals surface area (Å²) >= 11 is 0. The van der Waals surface area contributed by atoms with Gasteiger partial charge in [-0.15, -0.1) is 0 Å². The van der Waals surface area contributed by atoms with Crippen LogP contribution in [0.5, 0.6) is 5.75 Å². The first-order valence-electron chi connectivity index (χ1n) is 7.53. The number of aryl methyl sites for hydroxylation is 1. The van der Waals surface area contributed by atoms with Gasteiger partial charge in [-0.3, -0.25) is 10.1 Å². The van der Waals surface area contributed by atoms with Crippen LogP contribution in [0.3, 0.4) is 0 Å². The fraction of sp³-hybridized carbons (Fsp3) is 0.353. The maximum Gasteiger partial charge on any atom is 0.229 e. The monoisotopic (exact) mass is 314 g/mol. The van der Waals surface area contributed by atoms with Crippen molar-refractivity contribution in [1.82, 2.24) is 9.97 Å². The van der Waals surface area contributed by atoms with Crippen molar-refractivity contribution >= 4 is 17.5 Å². The van der Waals surface area contributed by atoms with E-state index >= 15 is 0 Å². The van der Waals surface area contributed by atoms with Crippen LogP contribution in [-0.4, -0.2) is 36.6 Å². The fourth-order valence-corrected chi connectivity index (χ4v) is 2.07. The molecule has 0 aliphatic heterocycles. The molecule has 1 N–H and O–H groups in total. The van der Waals surface area contributed by atoms with Gasteiger partial charge in [-0.1, -0.05) is 12.1 Å². The summed E-state index contributed by atoms with van der Waals surface area (Å²) in [6.07, 6.45) is 4.98. The fourth-order valence-electron chi connectivity index (χ4n) is 2.07. The van der Waals surface area contributed by atoms with E-state index in [0.29, 0.717) is 12.4 Å². The van der Waals surface area contributed by atoms with Crippen LogP contribution < -0.4 is 15.0 Å². The molecule has 1 aromatic heterocycles. The molecule has 2 rings (SSSR count). The summed E-state index contributed by atoms with van der Waals surface area (Å²) in [5.74, 6) is 0.685. The highest BCUT2D eigenvalue weighted by molar-refractivity contribution is 5.86. The van der Waals surface area contributed by atoms with Crippen molar-refractivity contribution in [3.05, 3.63) is 42.2 Å². The number of hydrogen-bond donors (Lipinski definition) is 1. The van der Waals surface area contributed by atoms with E-state index in [4.69, 9.17) is 4.74 Å². The number of carbonyl (C=O) groups excluding carboxylic acids is 1. The largest absolute Gasteiger partial charge is 0.490 e. The van der Waals surface area contributed by atoms with Crippen molar-refractivity contribution in [3.63, 3.8) is 0 Å². The lowest BCUT2D eigenvalue weighted by molar-refractivity contribution is -0.114. The molecule has 0 saturated heterocycles. The number of aromatic nitrogens is 2. The molecule has 122 valence electrons. The van der Waals surface area contributed by atoms with E-state index < -0.39 is 0 Å². The molecule has 1 amide bonds. The second kappa shape index (κ2) is 8.12. The van der Waals surface area contributed by atoms with E-state index in [1.54, 1.807) is 12.4 Å². The minimum atomic E-state index is -0.196. The lowest BCUT2D eigenvalue weighted by atomic mass is 10.1. The Morgan fingerprint density at radius 2 is 2.00 bits per heavy atom. The predicted octanol–water partition coefficient (Wildman–Crippen LogP) is 2.51. The zero-order valence-electron chi connectivity index (χ0n) is 13.7. The van der Waals surface area contributed by atoms with Crippen LogP contribution in [-0.2, 0) is 11.2 Å². The SMILES string of the molecule is CC(=O)Nc1ncc(OCCCc2cccc(N(C)C)c2)cn1. The van der Waals surface area contributed by atoms with Gasteiger partial charge in [-0.2, -0.15) is 0 Å². The van der Waals surface area contributed by atoms with Crippen LogP contribution in [0.4, 0.5) is 11.6 Å². The van der Waals surface area contributed by atoms with E-state index in [1.807, 2.05) is 14.1 Å². The molecule has 0 bridgehead atoms. The third kappa shape index (κ3) is 5.58. The van der Waals surface area contributed by atoms with Gasteiger partial charge in [-0.05, 0) is 30.5 Å². The van der Waals surface area contributed by atoms with Crippen LogP contribution in [0.25, 0.3) is 0 Å². The second-order valence-corrected chi connectivity index (χ2v) is 5.44. The molecule has 0 unspecified atom stereocenters. The summed E-state index contributed by atoms with van der Waals surface area (Å²) in [4.78, 5) is 21.0. The second-order valence-electron chi connectivity index (χ2n) is 5.44. The first-order valence-corrected chi connectivity index (χ1v) is 7.53. The van der Waals surface area contributed by atoms with Crippen molar-refractivity contribution in [2.75, 3.05) is 30.9 Å². The molecule has 2 aromatic rings. The summed E-state index contributed by atoms with van der Waals surface area (Å²) in [6, 6.07) is 8.47. The number of amides is 1. The van der Waals surface area contributed by atoms with Crippen LogP contribution in [0, 0.1) is 0 Å². The number of rotatable bonds is 7. The number of benzene rings is 1. The molecular formula is C17H22N4O2. The maximum atomic E-state index is 10.9. The van der Waals surface area contributed by atoms with Crippen LogP contribution in [0.2, 0.25) is 0 Å². The van der Waals surface area contributed by atoms with Crippen LogP contribution in [0.1, 0.15) is 18.9 Å². The molecule has 0 radical (unpaired) electrons. The topological polar surface area (TPSA) is 67.3 Å². The minimum Gasteiger partial charge on any atom is -0.490 e. The van der Waals surface area contributed by atoms with Crippen molar-refractivity contribution in [2.45, 2.75) is 19.8 Å². The molecular weight excluding hydrogens is 292 g/mol. The summed E-state index contributed by atoms with van der Waals surface area (Å²) in [5, 5.41) is 2.51. The third-order valence-electron chi connectivity index (χ3n) is 3.22. The summed E-state index contributed by atoms with van der Waals surface area (Å²) in [6.45, 7) is 2.01. The lowest BCUT2D eigenvalue weighted by Crippen LogP contribution is -2.09. The number of anilines is 2. The first-order chi connectivity index (χ1) is 11.0. The van der Waals surface area contributed by atoms with E-state index in [9.17, 15) is 4.79 Å². The van der Waals surface area contributed by atoms with E-state index in [2.05, 4.69) is 44.5 Å². The van der Waals surface area contributed by atoms with E-state index in [1.165, 1.54) is 18.2 Å². The highest BCUT2D eigenvalue weighted by Gasteiger charge is 2.01. The van der Waals surface area contributed by atoms with Gasteiger partial charge in [0.2, 0.25) is 11.9 Å². The number of nitrogens with zero attached hydrogens (tertiary/aromatic N) is 3. The quantitative estimate of drug-likeness (QED) is 0.795. The number of nitrogens with one attached hydrogen (secondary N) is 1. The van der Waals surface area contributed by atoms with Gasteiger partial charge in [0.1, 0.15) is 0 Å². The zero-order chi connectivity index (χ0) is 16.7. The summed E-state index contributed by atoms with van der Waals surface area (Å²) < 4.78 is 5.62. The average Bonchev–Trinajstić information content (AvgIpc) is 2.53. The Morgan fingerprint density at radius 3 is 2.65 bits per heavy atom. The van der Waals surface area contributed by atoms with E-state index in [0.717, 1.165) is 12.8 Å². The zero-order valence-corrected chi connectivity index (χ0v) is 13.7. The smallest absolute Gasteiger partial charge is 0.229 e. The molecule has 0 atom stereocenters. The Labute approximate surface area is 136 Å². The van der Waals surface area contributed by atoms with Gasteiger partial charge in [0.15, 0.2) is 5.75 Å². The Hall–Kier alpha value is -2.63. The number of hydrogen-bond acceptors (Lipinski definition) is 5. The van der Waals surface area contributed by atoms with E-state index in [-0.39, 0.29) is 11.9 Å². The van der Waals surface area contributed by atoms with Gasteiger partial charge in [0.25, 0.3) is 0 Å². The summed E-state index contributed by atoms with van der Waals surface area (Å²) in [7, 11) is 4.07. The summed E-state index contributed by atoms with van der Waals surface area (Å²) in [5.41, 5.74) is 2.49. The molecule has 6 nitrogen and oxygen atoms in total. The Bertz CT molecular complexity index is 641. The van der Waals surface area contributed by atoms with Gasteiger partial charge >= 0.3 is 0 Å². The molecule has 0 saturated carbocycles. The third-order valence-corrected chi connectivity index (χ3v) is 3.22. The highest BCUT2D eigenvalue weighted by Crippen LogP contribution is 2.15. The molecule has 1 heterocycles. The molecule has 0 spiro atoms. The van der Waals surface area contributed by atoms with Crippen molar-refractivity contribution in [2.24, 2.45) is 0 Å². The number of carbonyl (C=O) groups is 1. The van der Waals surface area contributed by atoms with Crippen molar-refractivity contribution in [3.8, 4) is 5.75 Å². The lowest BCUT2D eigenvalue weighted by Gasteiger charge is -2.13. The normalized spacial score (nSPS) is 10.2. The standard InChI is InChI=1S/C17H22N4O2/c1-13(22)20-17-18-11-16(12-19-17)23-9-5-7-14-6-4-8-15(10-14)21(2)3/h4,6,8,10-12H,5,7,9H2,1-3H3,(H,18,19,20,22). The van der Waals surface area contributed by atoms with Crippen molar-refractivity contribution < 1.29 is 9.53 Å². The molecule has 23 heavy (non-hydrogen) atoms. The first kappa shape index (κ1) is 16.7. The Kier molecular flexibility index (Phi) is 5.91. The predicted molar refractivity (Wildman–Crippen MR) is 90.9 cm³/mol. The van der Waals surface area contributed by atoms with Gasteiger partial charge in [-0.25, -0.2) is 9.97 Å². The van der Waals surface area contributed by atoms with Gasteiger partial charge in [0, 0.05) is 26.7 Å². The molecule has 0 aliphatic rings. The Balaban J connectivity index is 1.77. The average molecular weight is 314 g/mol. The molecule has 1 aromatic carbocycles. The van der Waals surface area contributed by atoms with Crippen molar-refractivity contribution in [1.29, 1.82) is 0 Å². The van der Waals surface area contributed by atoms with Gasteiger partial charge < -0.3 is 9.64 Å². The molecule has 6 heteroatoms. The minimum absolute atomic E-state index is 0.196.